The molecule has 1 aromatic heterocycles. The Bertz CT molecular complexity index is 590. The standard InChI is InChI=1S/C15H16Br2N2O/c1-10(12-5-3-4-6-15(12)20-2)18-9-14-13(17)7-11(16)8-19-14/h3-8,10,18H,9H2,1-2H3/t10-/m0/s1. The highest BCUT2D eigenvalue weighted by Gasteiger charge is 2.11. The Labute approximate surface area is 136 Å². The van der Waals surface area contributed by atoms with Gasteiger partial charge in [0.2, 0.25) is 0 Å². The minimum atomic E-state index is 0.184. The fourth-order valence-electron chi connectivity index (χ4n) is 1.96. The molecule has 0 unspecified atom stereocenters. The summed E-state index contributed by atoms with van der Waals surface area (Å²) in [7, 11) is 1.69. The first-order valence-corrected chi connectivity index (χ1v) is 7.86. The van der Waals surface area contributed by atoms with Gasteiger partial charge in [0.1, 0.15) is 5.75 Å². The minimum Gasteiger partial charge on any atom is -0.496 e. The molecule has 0 radical (unpaired) electrons. The van der Waals surface area contributed by atoms with Crippen molar-refractivity contribution in [2.75, 3.05) is 7.11 Å². The summed E-state index contributed by atoms with van der Waals surface area (Å²) in [6.45, 7) is 2.80. The van der Waals surface area contributed by atoms with Gasteiger partial charge in [-0.2, -0.15) is 0 Å². The molecule has 5 heteroatoms. The monoisotopic (exact) mass is 398 g/mol. The molecule has 1 aromatic carbocycles. The molecule has 0 amide bonds. The second kappa shape index (κ2) is 7.20. The van der Waals surface area contributed by atoms with Gasteiger partial charge in [-0.15, -0.1) is 0 Å². The number of pyridine rings is 1. The Morgan fingerprint density at radius 1 is 1.30 bits per heavy atom. The molecule has 3 nitrogen and oxygen atoms in total. The van der Waals surface area contributed by atoms with Crippen LogP contribution in [0.25, 0.3) is 0 Å². The number of hydrogen-bond acceptors (Lipinski definition) is 3. The van der Waals surface area contributed by atoms with Gasteiger partial charge in [-0.1, -0.05) is 18.2 Å². The van der Waals surface area contributed by atoms with Crippen LogP contribution in [-0.2, 0) is 6.54 Å². The van der Waals surface area contributed by atoms with E-state index in [1.807, 2.05) is 24.3 Å². The lowest BCUT2D eigenvalue weighted by atomic mass is 10.1. The lowest BCUT2D eigenvalue weighted by molar-refractivity contribution is 0.401. The first-order valence-electron chi connectivity index (χ1n) is 6.28. The SMILES string of the molecule is COc1ccccc1[C@H](C)NCc1ncc(Br)cc1Br. The molecule has 2 aromatic rings. The summed E-state index contributed by atoms with van der Waals surface area (Å²) < 4.78 is 7.34. The quantitative estimate of drug-likeness (QED) is 0.805. The summed E-state index contributed by atoms with van der Waals surface area (Å²) in [6.07, 6.45) is 1.80. The maximum absolute atomic E-state index is 5.39. The molecule has 0 spiro atoms. The highest BCUT2D eigenvalue weighted by atomic mass is 79.9. The maximum atomic E-state index is 5.39. The predicted octanol–water partition coefficient (Wildman–Crippen LogP) is 4.47. The van der Waals surface area contributed by atoms with E-state index in [0.717, 1.165) is 26.0 Å². The second-order valence-corrected chi connectivity index (χ2v) is 6.20. The van der Waals surface area contributed by atoms with Crippen LogP contribution in [0.3, 0.4) is 0 Å². The number of aromatic nitrogens is 1. The van der Waals surface area contributed by atoms with Crippen LogP contribution in [0.2, 0.25) is 0 Å². The van der Waals surface area contributed by atoms with Gasteiger partial charge in [0.05, 0.1) is 12.8 Å². The minimum absolute atomic E-state index is 0.184. The van der Waals surface area contributed by atoms with Crippen LogP contribution in [0.15, 0.2) is 45.5 Å². The molecule has 0 saturated carbocycles. The molecule has 2 rings (SSSR count). The zero-order valence-corrected chi connectivity index (χ0v) is 14.5. The van der Waals surface area contributed by atoms with Crippen molar-refractivity contribution in [2.45, 2.75) is 19.5 Å². The number of nitrogens with one attached hydrogen (secondary N) is 1. The average molecular weight is 400 g/mol. The van der Waals surface area contributed by atoms with Crippen molar-refractivity contribution in [2.24, 2.45) is 0 Å². The van der Waals surface area contributed by atoms with Crippen molar-refractivity contribution in [3.63, 3.8) is 0 Å². The molecule has 1 atom stereocenters. The molecule has 1 heterocycles. The Hall–Kier alpha value is -0.910. The van der Waals surface area contributed by atoms with Gasteiger partial charge in [0, 0.05) is 33.3 Å². The molecule has 106 valence electrons. The van der Waals surface area contributed by atoms with Crippen molar-refractivity contribution < 1.29 is 4.74 Å². The normalized spacial score (nSPS) is 12.2. The van der Waals surface area contributed by atoms with E-state index >= 15 is 0 Å². The molecular formula is C15H16Br2N2O. The summed E-state index contributed by atoms with van der Waals surface area (Å²) in [4.78, 5) is 4.40. The first kappa shape index (κ1) is 15.5. The third kappa shape index (κ3) is 3.81. The van der Waals surface area contributed by atoms with E-state index in [4.69, 9.17) is 4.74 Å². The number of benzene rings is 1. The Kier molecular flexibility index (Phi) is 5.57. The van der Waals surface area contributed by atoms with Crippen LogP contribution in [0.4, 0.5) is 0 Å². The maximum Gasteiger partial charge on any atom is 0.123 e. The number of nitrogens with zero attached hydrogens (tertiary/aromatic N) is 1. The van der Waals surface area contributed by atoms with E-state index in [-0.39, 0.29) is 6.04 Å². The highest BCUT2D eigenvalue weighted by Crippen LogP contribution is 2.25. The summed E-state index contributed by atoms with van der Waals surface area (Å²) in [5, 5.41) is 3.46. The van der Waals surface area contributed by atoms with Gasteiger partial charge in [-0.3, -0.25) is 4.98 Å². The fourth-order valence-corrected chi connectivity index (χ4v) is 3.08. The lowest BCUT2D eigenvalue weighted by Gasteiger charge is -2.17. The van der Waals surface area contributed by atoms with Crippen molar-refractivity contribution in [1.29, 1.82) is 0 Å². The fraction of sp³-hybridized carbons (Fsp3) is 0.267. The smallest absolute Gasteiger partial charge is 0.123 e. The third-order valence-corrected chi connectivity index (χ3v) is 4.19. The predicted molar refractivity (Wildman–Crippen MR) is 87.9 cm³/mol. The average Bonchev–Trinajstić information content (AvgIpc) is 2.46. The van der Waals surface area contributed by atoms with Gasteiger partial charge in [-0.25, -0.2) is 0 Å². The summed E-state index contributed by atoms with van der Waals surface area (Å²) in [5.41, 5.74) is 2.12. The lowest BCUT2D eigenvalue weighted by Crippen LogP contribution is -2.19. The van der Waals surface area contributed by atoms with Crippen molar-refractivity contribution in [3.8, 4) is 5.75 Å². The first-order chi connectivity index (χ1) is 9.61. The van der Waals surface area contributed by atoms with Crippen LogP contribution in [0.5, 0.6) is 5.75 Å². The Morgan fingerprint density at radius 3 is 2.75 bits per heavy atom. The second-order valence-electron chi connectivity index (χ2n) is 4.43. The van der Waals surface area contributed by atoms with E-state index in [1.165, 1.54) is 0 Å². The van der Waals surface area contributed by atoms with Gasteiger partial charge in [0.25, 0.3) is 0 Å². The van der Waals surface area contributed by atoms with Crippen LogP contribution in [0.1, 0.15) is 24.2 Å². The van der Waals surface area contributed by atoms with Gasteiger partial charge >= 0.3 is 0 Å². The third-order valence-electron chi connectivity index (χ3n) is 3.07. The molecule has 0 aliphatic rings. The van der Waals surface area contributed by atoms with Crippen LogP contribution >= 0.6 is 31.9 Å². The Balaban J connectivity index is 2.06. The van der Waals surface area contributed by atoms with Crippen LogP contribution < -0.4 is 10.1 Å². The molecular weight excluding hydrogens is 384 g/mol. The number of hydrogen-bond donors (Lipinski definition) is 1. The number of rotatable bonds is 5. The molecule has 1 N–H and O–H groups in total. The van der Waals surface area contributed by atoms with Crippen LogP contribution in [0, 0.1) is 0 Å². The number of para-hydroxylation sites is 1. The zero-order valence-electron chi connectivity index (χ0n) is 11.4. The summed E-state index contributed by atoms with van der Waals surface area (Å²) in [6, 6.07) is 10.2. The van der Waals surface area contributed by atoms with Crippen molar-refractivity contribution in [3.05, 3.63) is 56.7 Å². The molecule has 20 heavy (non-hydrogen) atoms. The highest BCUT2D eigenvalue weighted by molar-refractivity contribution is 9.11. The van der Waals surface area contributed by atoms with Gasteiger partial charge < -0.3 is 10.1 Å². The van der Waals surface area contributed by atoms with E-state index in [0.29, 0.717) is 6.54 Å². The number of halogens is 2. The molecule has 0 aliphatic carbocycles. The van der Waals surface area contributed by atoms with Crippen molar-refractivity contribution in [1.82, 2.24) is 10.3 Å². The van der Waals surface area contributed by atoms with Gasteiger partial charge in [0.15, 0.2) is 0 Å². The van der Waals surface area contributed by atoms with E-state index in [9.17, 15) is 0 Å². The summed E-state index contributed by atoms with van der Waals surface area (Å²) in [5.74, 6) is 0.898. The Morgan fingerprint density at radius 2 is 2.05 bits per heavy atom. The molecule has 0 bridgehead atoms. The molecule has 0 aliphatic heterocycles. The largest absolute Gasteiger partial charge is 0.496 e. The van der Waals surface area contributed by atoms with Crippen molar-refractivity contribution >= 4 is 31.9 Å². The number of ether oxygens (including phenoxy) is 1. The molecule has 0 saturated heterocycles. The van der Waals surface area contributed by atoms with Gasteiger partial charge in [-0.05, 0) is 50.9 Å². The molecule has 0 fully saturated rings. The van der Waals surface area contributed by atoms with E-state index < -0.39 is 0 Å². The topological polar surface area (TPSA) is 34.1 Å². The summed E-state index contributed by atoms with van der Waals surface area (Å²) >= 11 is 6.93. The zero-order chi connectivity index (χ0) is 14.5. The van der Waals surface area contributed by atoms with Crippen LogP contribution in [-0.4, -0.2) is 12.1 Å². The van der Waals surface area contributed by atoms with E-state index in [1.54, 1.807) is 13.3 Å². The number of methoxy groups -OCH3 is 1. The van der Waals surface area contributed by atoms with E-state index in [2.05, 4.69) is 55.2 Å².